The first-order valence-corrected chi connectivity index (χ1v) is 6.49. The Labute approximate surface area is 125 Å². The molecule has 0 aliphatic carbocycles. The largest absolute Gasteiger partial charge is 0.394 e. The minimum absolute atomic E-state index is 0.131. The Morgan fingerprint density at radius 1 is 1.33 bits per heavy atom. The lowest BCUT2D eigenvalue weighted by atomic mass is 10.1. The summed E-state index contributed by atoms with van der Waals surface area (Å²) >= 11 is 5.82. The van der Waals surface area contributed by atoms with Crippen LogP contribution in [0.1, 0.15) is 5.56 Å². The number of nitro groups is 1. The quantitative estimate of drug-likeness (QED) is 0.353. The van der Waals surface area contributed by atoms with Crippen LogP contribution in [-0.4, -0.2) is 56.8 Å². The number of nitrogens with zero attached hydrogens (tertiary/aromatic N) is 1. The van der Waals surface area contributed by atoms with Crippen LogP contribution in [0, 0.1) is 17.0 Å². The fourth-order valence-electron chi connectivity index (χ4n) is 1.66. The number of halogens is 1. The molecule has 1 rings (SSSR count). The van der Waals surface area contributed by atoms with Gasteiger partial charge in [0.25, 0.3) is 5.69 Å². The third-order valence-corrected chi connectivity index (χ3v) is 3.36. The van der Waals surface area contributed by atoms with Crippen LogP contribution < -0.4 is 5.32 Å². The van der Waals surface area contributed by atoms with Crippen molar-refractivity contribution in [3.63, 3.8) is 0 Å². The summed E-state index contributed by atoms with van der Waals surface area (Å²) in [4.78, 5) is 10.3. The van der Waals surface area contributed by atoms with Gasteiger partial charge >= 0.3 is 0 Å². The minimum atomic E-state index is -1.57. The van der Waals surface area contributed by atoms with Crippen molar-refractivity contribution in [1.29, 1.82) is 0 Å². The summed E-state index contributed by atoms with van der Waals surface area (Å²) in [6, 6.07) is 2.63. The second-order valence-corrected chi connectivity index (χ2v) is 4.97. The Morgan fingerprint density at radius 3 is 2.48 bits per heavy atom. The van der Waals surface area contributed by atoms with Crippen LogP contribution in [0.3, 0.4) is 0 Å². The van der Waals surface area contributed by atoms with Crippen LogP contribution >= 0.6 is 11.6 Å². The molecule has 0 amide bonds. The molecule has 0 spiro atoms. The number of aliphatic hydroxyl groups is 4. The molecule has 0 aliphatic rings. The monoisotopic (exact) mass is 320 g/mol. The van der Waals surface area contributed by atoms with Gasteiger partial charge in [-0.3, -0.25) is 10.1 Å². The van der Waals surface area contributed by atoms with Crippen molar-refractivity contribution < 1.29 is 25.3 Å². The van der Waals surface area contributed by atoms with Crippen LogP contribution in [-0.2, 0) is 0 Å². The molecule has 0 heterocycles. The Balaban J connectivity index is 2.84. The van der Waals surface area contributed by atoms with Crippen molar-refractivity contribution in [2.24, 2.45) is 0 Å². The summed E-state index contributed by atoms with van der Waals surface area (Å²) in [7, 11) is 0. The summed E-state index contributed by atoms with van der Waals surface area (Å²) < 4.78 is 0. The summed E-state index contributed by atoms with van der Waals surface area (Å²) in [5, 5.41) is 50.8. The predicted molar refractivity (Wildman–Crippen MR) is 76.4 cm³/mol. The molecule has 0 saturated carbocycles. The molecule has 0 aromatic heterocycles. The molecule has 0 fully saturated rings. The van der Waals surface area contributed by atoms with Crippen LogP contribution in [0.15, 0.2) is 12.1 Å². The first-order chi connectivity index (χ1) is 9.77. The third kappa shape index (κ3) is 4.51. The molecule has 118 valence electrons. The highest BCUT2D eigenvalue weighted by molar-refractivity contribution is 6.31. The van der Waals surface area contributed by atoms with Crippen molar-refractivity contribution in [2.75, 3.05) is 18.5 Å². The highest BCUT2D eigenvalue weighted by Crippen LogP contribution is 2.30. The zero-order valence-corrected chi connectivity index (χ0v) is 12.0. The van der Waals surface area contributed by atoms with Gasteiger partial charge < -0.3 is 25.7 Å². The molecule has 0 radical (unpaired) electrons. The van der Waals surface area contributed by atoms with Crippen LogP contribution in [0.4, 0.5) is 11.4 Å². The number of aliphatic hydroxyl groups excluding tert-OH is 4. The topological polar surface area (TPSA) is 136 Å². The van der Waals surface area contributed by atoms with E-state index in [1.165, 1.54) is 12.1 Å². The molecule has 0 aliphatic heterocycles. The number of anilines is 1. The summed E-state index contributed by atoms with van der Waals surface area (Å²) in [6.45, 7) is 0.705. The molecule has 3 unspecified atom stereocenters. The van der Waals surface area contributed by atoms with Gasteiger partial charge in [0.15, 0.2) is 0 Å². The van der Waals surface area contributed by atoms with E-state index >= 15 is 0 Å². The van der Waals surface area contributed by atoms with E-state index in [9.17, 15) is 25.4 Å². The average molecular weight is 321 g/mol. The smallest absolute Gasteiger partial charge is 0.293 e. The van der Waals surface area contributed by atoms with Crippen molar-refractivity contribution >= 4 is 23.0 Å². The highest BCUT2D eigenvalue weighted by atomic mass is 35.5. The molecule has 9 heteroatoms. The Kier molecular flexibility index (Phi) is 6.31. The van der Waals surface area contributed by atoms with E-state index < -0.39 is 29.8 Å². The molecule has 1 aromatic carbocycles. The number of aryl methyl sites for hydroxylation is 1. The normalized spacial score (nSPS) is 15.3. The SMILES string of the molecule is Cc1cc(NCC(O)C(O)C(O)CO)c([N+](=O)[O-])cc1Cl. The lowest BCUT2D eigenvalue weighted by Gasteiger charge is -2.22. The molecule has 5 N–H and O–H groups in total. The molecule has 21 heavy (non-hydrogen) atoms. The molecule has 8 nitrogen and oxygen atoms in total. The Hall–Kier alpha value is -1.45. The van der Waals surface area contributed by atoms with Crippen molar-refractivity contribution in [3.8, 4) is 0 Å². The summed E-state index contributed by atoms with van der Waals surface area (Å²) in [5.74, 6) is 0. The number of hydrogen-bond acceptors (Lipinski definition) is 7. The Bertz CT molecular complexity index is 513. The van der Waals surface area contributed by atoms with Gasteiger partial charge in [0.2, 0.25) is 0 Å². The zero-order chi connectivity index (χ0) is 16.2. The van der Waals surface area contributed by atoms with Crippen LogP contribution in [0.5, 0.6) is 0 Å². The van der Waals surface area contributed by atoms with Crippen molar-refractivity contribution in [2.45, 2.75) is 25.2 Å². The maximum atomic E-state index is 10.9. The first-order valence-electron chi connectivity index (χ1n) is 6.11. The van der Waals surface area contributed by atoms with Crippen molar-refractivity contribution in [3.05, 3.63) is 32.8 Å². The fraction of sp³-hybridized carbons (Fsp3) is 0.500. The van der Waals surface area contributed by atoms with E-state index in [2.05, 4.69) is 5.32 Å². The maximum absolute atomic E-state index is 10.9. The average Bonchev–Trinajstić information content (AvgIpc) is 2.45. The number of rotatable bonds is 7. The highest BCUT2D eigenvalue weighted by Gasteiger charge is 2.25. The standard InChI is InChI=1S/C12H17ClN2O6/c1-6-2-8(9(15(20)21)3-7(6)13)14-4-10(17)12(19)11(18)5-16/h2-3,10-12,14,16-19H,4-5H2,1H3. The van der Waals surface area contributed by atoms with E-state index in [0.29, 0.717) is 5.56 Å². The number of benzene rings is 1. The third-order valence-electron chi connectivity index (χ3n) is 2.95. The van der Waals surface area contributed by atoms with E-state index in [1.807, 2.05) is 0 Å². The van der Waals surface area contributed by atoms with Gasteiger partial charge in [-0.1, -0.05) is 11.6 Å². The zero-order valence-electron chi connectivity index (χ0n) is 11.2. The minimum Gasteiger partial charge on any atom is -0.394 e. The van der Waals surface area contributed by atoms with Gasteiger partial charge in [-0.2, -0.15) is 0 Å². The molecule has 1 aromatic rings. The second kappa shape index (κ2) is 7.53. The molecular formula is C12H17ClN2O6. The van der Waals surface area contributed by atoms with Gasteiger partial charge in [-0.15, -0.1) is 0 Å². The molecule has 0 bridgehead atoms. The summed E-state index contributed by atoms with van der Waals surface area (Å²) in [6.07, 6.45) is -4.48. The lowest BCUT2D eigenvalue weighted by molar-refractivity contribution is -0.384. The van der Waals surface area contributed by atoms with Gasteiger partial charge in [0, 0.05) is 12.6 Å². The number of nitro benzene ring substituents is 1. The van der Waals surface area contributed by atoms with Gasteiger partial charge in [0.05, 0.1) is 22.7 Å². The molecule has 0 saturated heterocycles. The lowest BCUT2D eigenvalue weighted by Crippen LogP contribution is -2.42. The fourth-order valence-corrected chi connectivity index (χ4v) is 1.82. The van der Waals surface area contributed by atoms with E-state index in [1.54, 1.807) is 6.92 Å². The summed E-state index contributed by atoms with van der Waals surface area (Å²) in [5.41, 5.74) is 0.469. The Morgan fingerprint density at radius 2 is 1.95 bits per heavy atom. The molecule has 3 atom stereocenters. The first kappa shape index (κ1) is 17.6. The number of hydrogen-bond donors (Lipinski definition) is 5. The van der Waals surface area contributed by atoms with E-state index in [-0.39, 0.29) is 22.9 Å². The number of nitrogens with one attached hydrogen (secondary N) is 1. The van der Waals surface area contributed by atoms with Crippen LogP contribution in [0.25, 0.3) is 0 Å². The van der Waals surface area contributed by atoms with Gasteiger partial charge in [-0.05, 0) is 18.6 Å². The second-order valence-electron chi connectivity index (χ2n) is 4.56. The predicted octanol–water partition coefficient (Wildman–Crippen LogP) is 0.0435. The van der Waals surface area contributed by atoms with Gasteiger partial charge in [0.1, 0.15) is 17.9 Å². The molecular weight excluding hydrogens is 304 g/mol. The maximum Gasteiger partial charge on any atom is 0.293 e. The van der Waals surface area contributed by atoms with E-state index in [0.717, 1.165) is 0 Å². The van der Waals surface area contributed by atoms with Crippen molar-refractivity contribution in [1.82, 2.24) is 0 Å². The van der Waals surface area contributed by atoms with Gasteiger partial charge in [-0.25, -0.2) is 0 Å². The van der Waals surface area contributed by atoms with Crippen LogP contribution in [0.2, 0.25) is 5.02 Å². The van der Waals surface area contributed by atoms with E-state index in [4.69, 9.17) is 16.7 Å².